The molecule has 94 valence electrons. The molecule has 2 unspecified atom stereocenters. The Morgan fingerprint density at radius 2 is 2.24 bits per heavy atom. The van der Waals surface area contributed by atoms with E-state index in [1.807, 2.05) is 13.0 Å². The van der Waals surface area contributed by atoms with E-state index in [1.165, 1.54) is 0 Å². The lowest BCUT2D eigenvalue weighted by molar-refractivity contribution is 0.0232. The van der Waals surface area contributed by atoms with Gasteiger partial charge in [0.15, 0.2) is 0 Å². The monoisotopic (exact) mass is 298 g/mol. The lowest BCUT2D eigenvalue weighted by atomic mass is 10.0. The van der Waals surface area contributed by atoms with Crippen LogP contribution in [0.3, 0.4) is 0 Å². The average Bonchev–Trinajstić information content (AvgIpc) is 2.26. The van der Waals surface area contributed by atoms with Crippen LogP contribution in [0, 0.1) is 6.92 Å². The molecule has 1 aliphatic rings. The molecule has 3 nitrogen and oxygen atoms in total. The first kappa shape index (κ1) is 12.7. The van der Waals surface area contributed by atoms with E-state index >= 15 is 0 Å². The summed E-state index contributed by atoms with van der Waals surface area (Å²) in [7, 11) is 0. The third kappa shape index (κ3) is 3.13. The molecule has 0 spiro atoms. The van der Waals surface area contributed by atoms with Crippen LogP contribution in [0.1, 0.15) is 25.3 Å². The Morgan fingerprint density at radius 1 is 1.47 bits per heavy atom. The van der Waals surface area contributed by atoms with Crippen molar-refractivity contribution < 1.29 is 4.74 Å². The number of hydrogen-bond donors (Lipinski definition) is 2. The quantitative estimate of drug-likeness (QED) is 0.824. The van der Waals surface area contributed by atoms with Crippen molar-refractivity contribution in [3.8, 4) is 0 Å². The number of benzene rings is 1. The van der Waals surface area contributed by atoms with Crippen LogP contribution in [0.25, 0.3) is 0 Å². The number of aryl methyl sites for hydroxylation is 1. The normalized spacial score (nSPS) is 24.6. The minimum atomic E-state index is 0.343. The molecule has 0 bridgehead atoms. The Balaban J connectivity index is 2.10. The van der Waals surface area contributed by atoms with E-state index in [4.69, 9.17) is 10.5 Å². The highest BCUT2D eigenvalue weighted by Gasteiger charge is 2.19. The Kier molecular flexibility index (Phi) is 3.94. The number of nitrogens with two attached hydrogens (primary N) is 1. The fraction of sp³-hybridized carbons (Fsp3) is 0.538. The number of ether oxygens (including phenoxy) is 1. The summed E-state index contributed by atoms with van der Waals surface area (Å²) in [6, 6.07) is 4.54. The summed E-state index contributed by atoms with van der Waals surface area (Å²) < 4.78 is 6.57. The summed E-state index contributed by atoms with van der Waals surface area (Å²) in [5, 5.41) is 3.57. The molecular weight excluding hydrogens is 280 g/mol. The fourth-order valence-corrected chi connectivity index (χ4v) is 2.63. The van der Waals surface area contributed by atoms with Crippen molar-refractivity contribution in [3.05, 3.63) is 22.2 Å². The molecule has 0 aromatic heterocycles. The Hall–Kier alpha value is -0.740. The lowest BCUT2D eigenvalue weighted by Crippen LogP contribution is -2.32. The molecule has 1 fully saturated rings. The molecule has 2 atom stereocenters. The number of rotatable bonds is 2. The summed E-state index contributed by atoms with van der Waals surface area (Å²) in [6.07, 6.45) is 2.45. The number of anilines is 2. The largest absolute Gasteiger partial charge is 0.398 e. The standard InChI is InChI=1S/C13H19BrN2O/c1-8-5-13(11(14)7-12(8)15)16-10-3-4-17-9(2)6-10/h5,7,9-10,16H,3-4,6,15H2,1-2H3. The minimum Gasteiger partial charge on any atom is -0.398 e. The molecule has 1 saturated heterocycles. The summed E-state index contributed by atoms with van der Waals surface area (Å²) in [4.78, 5) is 0. The van der Waals surface area contributed by atoms with Gasteiger partial charge >= 0.3 is 0 Å². The van der Waals surface area contributed by atoms with E-state index in [-0.39, 0.29) is 0 Å². The van der Waals surface area contributed by atoms with E-state index in [9.17, 15) is 0 Å². The molecule has 17 heavy (non-hydrogen) atoms. The van der Waals surface area contributed by atoms with Crippen LogP contribution >= 0.6 is 15.9 Å². The van der Waals surface area contributed by atoms with Gasteiger partial charge in [0.2, 0.25) is 0 Å². The second kappa shape index (κ2) is 5.27. The second-order valence-electron chi connectivity index (χ2n) is 4.74. The molecule has 0 amide bonds. The Labute approximate surface area is 111 Å². The molecule has 1 aromatic rings. The van der Waals surface area contributed by atoms with Crippen molar-refractivity contribution in [2.45, 2.75) is 38.8 Å². The van der Waals surface area contributed by atoms with Crippen molar-refractivity contribution in [1.29, 1.82) is 0 Å². The zero-order valence-electron chi connectivity index (χ0n) is 10.3. The van der Waals surface area contributed by atoms with Gasteiger partial charge in [-0.1, -0.05) is 0 Å². The predicted octanol–water partition coefficient (Wildman–Crippen LogP) is 3.32. The summed E-state index contributed by atoms with van der Waals surface area (Å²) in [5.41, 5.74) is 8.92. The number of nitrogen functional groups attached to an aromatic ring is 1. The van der Waals surface area contributed by atoms with Gasteiger partial charge in [-0.2, -0.15) is 0 Å². The van der Waals surface area contributed by atoms with Crippen molar-refractivity contribution in [2.24, 2.45) is 0 Å². The number of nitrogens with one attached hydrogen (secondary N) is 1. The molecular formula is C13H19BrN2O. The van der Waals surface area contributed by atoms with Gasteiger partial charge < -0.3 is 15.8 Å². The molecule has 1 aliphatic heterocycles. The summed E-state index contributed by atoms with van der Waals surface area (Å²) in [6.45, 7) is 4.99. The van der Waals surface area contributed by atoms with Gasteiger partial charge in [-0.3, -0.25) is 0 Å². The number of hydrogen-bond acceptors (Lipinski definition) is 3. The van der Waals surface area contributed by atoms with Gasteiger partial charge in [-0.15, -0.1) is 0 Å². The summed E-state index contributed by atoms with van der Waals surface area (Å²) in [5.74, 6) is 0. The van der Waals surface area contributed by atoms with Crippen LogP contribution in [0.15, 0.2) is 16.6 Å². The first-order valence-corrected chi connectivity index (χ1v) is 6.79. The highest BCUT2D eigenvalue weighted by Crippen LogP contribution is 2.29. The summed E-state index contributed by atoms with van der Waals surface area (Å²) >= 11 is 3.55. The highest BCUT2D eigenvalue weighted by molar-refractivity contribution is 9.10. The van der Waals surface area contributed by atoms with Crippen molar-refractivity contribution >= 4 is 27.3 Å². The first-order chi connectivity index (χ1) is 8.06. The minimum absolute atomic E-state index is 0.343. The van der Waals surface area contributed by atoms with Gasteiger partial charge in [-0.05, 0) is 60.3 Å². The molecule has 4 heteroatoms. The van der Waals surface area contributed by atoms with Gasteiger partial charge in [0.1, 0.15) is 0 Å². The average molecular weight is 299 g/mol. The van der Waals surface area contributed by atoms with Crippen molar-refractivity contribution in [3.63, 3.8) is 0 Å². The van der Waals surface area contributed by atoms with Crippen molar-refractivity contribution in [2.75, 3.05) is 17.7 Å². The maximum atomic E-state index is 5.87. The zero-order chi connectivity index (χ0) is 12.4. The predicted molar refractivity (Wildman–Crippen MR) is 75.4 cm³/mol. The molecule has 1 heterocycles. The fourth-order valence-electron chi connectivity index (χ4n) is 2.16. The van der Waals surface area contributed by atoms with E-state index in [0.29, 0.717) is 12.1 Å². The number of halogens is 1. The second-order valence-corrected chi connectivity index (χ2v) is 5.59. The molecule has 1 aromatic carbocycles. The van der Waals surface area contributed by atoms with E-state index < -0.39 is 0 Å². The maximum absolute atomic E-state index is 5.87. The van der Waals surface area contributed by atoms with E-state index in [0.717, 1.165) is 40.9 Å². The SMILES string of the molecule is Cc1cc(NC2CCOC(C)C2)c(Br)cc1N. The highest BCUT2D eigenvalue weighted by atomic mass is 79.9. The molecule has 3 N–H and O–H groups in total. The van der Waals surface area contributed by atoms with Crippen LogP contribution in [0.2, 0.25) is 0 Å². The molecule has 0 saturated carbocycles. The van der Waals surface area contributed by atoms with Gasteiger partial charge in [0.05, 0.1) is 6.10 Å². The van der Waals surface area contributed by atoms with E-state index in [2.05, 4.69) is 34.2 Å². The zero-order valence-corrected chi connectivity index (χ0v) is 11.9. The van der Waals surface area contributed by atoms with Gasteiger partial charge in [-0.25, -0.2) is 0 Å². The van der Waals surface area contributed by atoms with Gasteiger partial charge in [0, 0.05) is 28.5 Å². The van der Waals surface area contributed by atoms with Crippen LogP contribution in [-0.2, 0) is 4.74 Å². The molecule has 2 rings (SSSR count). The maximum Gasteiger partial charge on any atom is 0.0566 e. The molecule has 0 aliphatic carbocycles. The van der Waals surface area contributed by atoms with Crippen molar-refractivity contribution in [1.82, 2.24) is 0 Å². The third-order valence-corrected chi connectivity index (χ3v) is 3.86. The first-order valence-electron chi connectivity index (χ1n) is 6.00. The van der Waals surface area contributed by atoms with E-state index in [1.54, 1.807) is 0 Å². The van der Waals surface area contributed by atoms with Gasteiger partial charge in [0.25, 0.3) is 0 Å². The third-order valence-electron chi connectivity index (χ3n) is 3.20. The Morgan fingerprint density at radius 3 is 2.94 bits per heavy atom. The van der Waals surface area contributed by atoms with Crippen LogP contribution < -0.4 is 11.1 Å². The smallest absolute Gasteiger partial charge is 0.0566 e. The molecule has 0 radical (unpaired) electrons. The van der Waals surface area contributed by atoms with Crippen LogP contribution in [-0.4, -0.2) is 18.8 Å². The lowest BCUT2D eigenvalue weighted by Gasteiger charge is -2.29. The van der Waals surface area contributed by atoms with Crippen LogP contribution in [0.4, 0.5) is 11.4 Å². The Bertz CT molecular complexity index is 409. The topological polar surface area (TPSA) is 47.3 Å². The van der Waals surface area contributed by atoms with Crippen LogP contribution in [0.5, 0.6) is 0 Å².